The van der Waals surface area contributed by atoms with Crippen LogP contribution in [-0.2, 0) is 24.7 Å². The van der Waals surface area contributed by atoms with Gasteiger partial charge in [-0.3, -0.25) is 9.48 Å². The summed E-state index contributed by atoms with van der Waals surface area (Å²) < 4.78 is 1.62. The molecule has 1 N–H and O–H groups in total. The summed E-state index contributed by atoms with van der Waals surface area (Å²) in [6.45, 7) is 2.00. The molecule has 5 heteroatoms. The van der Waals surface area contributed by atoms with Crippen LogP contribution in [0.5, 0.6) is 0 Å². The van der Waals surface area contributed by atoms with Crippen LogP contribution < -0.4 is 0 Å². The highest BCUT2D eigenvalue weighted by atomic mass is 16.4. The van der Waals surface area contributed by atoms with Gasteiger partial charge in [-0.2, -0.15) is 5.10 Å². The maximum absolute atomic E-state index is 11.4. The number of hydrogen-bond donors (Lipinski definition) is 1. The summed E-state index contributed by atoms with van der Waals surface area (Å²) in [6, 6.07) is 7.93. The smallest absolute Gasteiger partial charge is 0.307 e. The van der Waals surface area contributed by atoms with Crippen molar-refractivity contribution in [2.24, 2.45) is 13.0 Å². The molecule has 0 fully saturated rings. The van der Waals surface area contributed by atoms with Gasteiger partial charge in [0, 0.05) is 13.5 Å². The lowest BCUT2D eigenvalue weighted by molar-refractivity contribution is -0.141. The maximum atomic E-state index is 11.4. The predicted molar refractivity (Wildman–Crippen MR) is 70.7 cm³/mol. The third-order valence-corrected chi connectivity index (χ3v) is 3.15. The van der Waals surface area contributed by atoms with E-state index in [0.717, 1.165) is 11.1 Å². The molecule has 0 spiro atoms. The highest BCUT2D eigenvalue weighted by Gasteiger charge is 2.20. The molecule has 2 aromatic rings. The Morgan fingerprint density at radius 3 is 2.79 bits per heavy atom. The van der Waals surface area contributed by atoms with E-state index in [4.69, 9.17) is 0 Å². The van der Waals surface area contributed by atoms with E-state index < -0.39 is 11.9 Å². The van der Waals surface area contributed by atoms with Gasteiger partial charge in [0.05, 0.1) is 5.92 Å². The minimum absolute atomic E-state index is 0.389. The number of carboxylic acid groups (broad SMARTS) is 1. The Morgan fingerprint density at radius 1 is 1.42 bits per heavy atom. The van der Waals surface area contributed by atoms with Crippen molar-refractivity contribution in [3.05, 3.63) is 47.5 Å². The standard InChI is InChI=1S/C14H17N3O2/c1-10-4-3-5-11(6-10)7-12(14(18)19)8-13-15-9-16-17(13)2/h3-6,9,12H,7-8H2,1-2H3,(H,18,19). The highest BCUT2D eigenvalue weighted by molar-refractivity contribution is 5.70. The van der Waals surface area contributed by atoms with Crippen LogP contribution >= 0.6 is 0 Å². The van der Waals surface area contributed by atoms with Gasteiger partial charge in [-0.05, 0) is 18.9 Å². The molecule has 1 aromatic carbocycles. The van der Waals surface area contributed by atoms with Crippen LogP contribution in [0.15, 0.2) is 30.6 Å². The topological polar surface area (TPSA) is 68.0 Å². The average molecular weight is 259 g/mol. The van der Waals surface area contributed by atoms with Gasteiger partial charge < -0.3 is 5.11 Å². The first-order valence-corrected chi connectivity index (χ1v) is 6.17. The van der Waals surface area contributed by atoms with E-state index in [2.05, 4.69) is 10.1 Å². The van der Waals surface area contributed by atoms with Crippen molar-refractivity contribution in [1.82, 2.24) is 14.8 Å². The molecule has 1 aromatic heterocycles. The van der Waals surface area contributed by atoms with Crippen LogP contribution in [0.4, 0.5) is 0 Å². The molecule has 0 saturated heterocycles. The van der Waals surface area contributed by atoms with Gasteiger partial charge in [0.25, 0.3) is 0 Å². The van der Waals surface area contributed by atoms with E-state index in [1.807, 2.05) is 31.2 Å². The molecule has 0 radical (unpaired) electrons. The summed E-state index contributed by atoms with van der Waals surface area (Å²) in [5, 5.41) is 13.3. The van der Waals surface area contributed by atoms with Gasteiger partial charge in [-0.15, -0.1) is 0 Å². The van der Waals surface area contributed by atoms with Crippen molar-refractivity contribution in [1.29, 1.82) is 0 Å². The molecule has 100 valence electrons. The molecule has 0 aliphatic rings. The third-order valence-electron chi connectivity index (χ3n) is 3.15. The second-order valence-electron chi connectivity index (χ2n) is 4.73. The zero-order chi connectivity index (χ0) is 13.8. The first-order chi connectivity index (χ1) is 9.06. The van der Waals surface area contributed by atoms with Crippen molar-refractivity contribution in [2.75, 3.05) is 0 Å². The van der Waals surface area contributed by atoms with Crippen LogP contribution in [0, 0.1) is 12.8 Å². The fraction of sp³-hybridized carbons (Fsp3) is 0.357. The number of carbonyl (C=O) groups is 1. The van der Waals surface area contributed by atoms with Crippen molar-refractivity contribution in [2.45, 2.75) is 19.8 Å². The Labute approximate surface area is 111 Å². The molecule has 2 rings (SSSR count). The average Bonchev–Trinajstić information content (AvgIpc) is 2.74. The summed E-state index contributed by atoms with van der Waals surface area (Å²) in [4.78, 5) is 15.5. The maximum Gasteiger partial charge on any atom is 0.307 e. The van der Waals surface area contributed by atoms with Crippen LogP contribution in [0.3, 0.4) is 0 Å². The molecule has 1 unspecified atom stereocenters. The van der Waals surface area contributed by atoms with Gasteiger partial charge >= 0.3 is 5.97 Å². The summed E-state index contributed by atoms with van der Waals surface area (Å²) in [5.74, 6) is -0.589. The molecule has 19 heavy (non-hydrogen) atoms. The molecule has 0 saturated carbocycles. The minimum Gasteiger partial charge on any atom is -0.481 e. The van der Waals surface area contributed by atoms with E-state index >= 15 is 0 Å². The molecular formula is C14H17N3O2. The van der Waals surface area contributed by atoms with Crippen molar-refractivity contribution >= 4 is 5.97 Å². The Balaban J connectivity index is 2.13. The number of aromatic nitrogens is 3. The summed E-state index contributed by atoms with van der Waals surface area (Å²) in [5.41, 5.74) is 2.18. The van der Waals surface area contributed by atoms with Crippen LogP contribution in [0.1, 0.15) is 17.0 Å². The van der Waals surface area contributed by atoms with Gasteiger partial charge in [-0.25, -0.2) is 4.98 Å². The Kier molecular flexibility index (Phi) is 3.94. The Hall–Kier alpha value is -2.17. The van der Waals surface area contributed by atoms with E-state index in [9.17, 15) is 9.90 Å². The quantitative estimate of drug-likeness (QED) is 0.885. The van der Waals surface area contributed by atoms with Gasteiger partial charge in [0.2, 0.25) is 0 Å². The highest BCUT2D eigenvalue weighted by Crippen LogP contribution is 2.15. The Morgan fingerprint density at radius 2 is 2.21 bits per heavy atom. The van der Waals surface area contributed by atoms with Crippen LogP contribution in [0.25, 0.3) is 0 Å². The van der Waals surface area contributed by atoms with E-state index in [1.54, 1.807) is 11.7 Å². The number of aryl methyl sites for hydroxylation is 2. The zero-order valence-electron chi connectivity index (χ0n) is 11.1. The van der Waals surface area contributed by atoms with E-state index in [1.165, 1.54) is 6.33 Å². The monoisotopic (exact) mass is 259 g/mol. The van der Waals surface area contributed by atoms with Crippen molar-refractivity contribution in [3.8, 4) is 0 Å². The second-order valence-corrected chi connectivity index (χ2v) is 4.73. The fourth-order valence-electron chi connectivity index (χ4n) is 2.10. The summed E-state index contributed by atoms with van der Waals surface area (Å²) in [6.07, 6.45) is 2.34. The van der Waals surface area contributed by atoms with Crippen LogP contribution in [0.2, 0.25) is 0 Å². The number of aliphatic carboxylic acids is 1. The zero-order valence-corrected chi connectivity index (χ0v) is 11.1. The molecule has 0 aliphatic heterocycles. The number of rotatable bonds is 5. The van der Waals surface area contributed by atoms with Gasteiger partial charge in [-0.1, -0.05) is 29.8 Å². The number of hydrogen-bond acceptors (Lipinski definition) is 3. The van der Waals surface area contributed by atoms with Crippen LogP contribution in [-0.4, -0.2) is 25.8 Å². The van der Waals surface area contributed by atoms with Gasteiger partial charge in [0.15, 0.2) is 0 Å². The second kappa shape index (κ2) is 5.65. The van der Waals surface area contributed by atoms with E-state index in [-0.39, 0.29) is 0 Å². The molecule has 5 nitrogen and oxygen atoms in total. The molecule has 0 amide bonds. The Bertz CT molecular complexity index is 578. The molecule has 0 aliphatic carbocycles. The van der Waals surface area contributed by atoms with Crippen molar-refractivity contribution in [3.63, 3.8) is 0 Å². The predicted octanol–water partition coefficient (Wildman–Crippen LogP) is 1.61. The normalized spacial score (nSPS) is 12.3. The van der Waals surface area contributed by atoms with Crippen molar-refractivity contribution < 1.29 is 9.90 Å². The number of benzene rings is 1. The number of carboxylic acids is 1. The van der Waals surface area contributed by atoms with Gasteiger partial charge in [0.1, 0.15) is 12.2 Å². The summed E-state index contributed by atoms with van der Waals surface area (Å²) >= 11 is 0. The summed E-state index contributed by atoms with van der Waals surface area (Å²) in [7, 11) is 1.77. The SMILES string of the molecule is Cc1cccc(CC(Cc2ncnn2C)C(=O)O)c1. The minimum atomic E-state index is -0.801. The van der Waals surface area contributed by atoms with E-state index in [0.29, 0.717) is 18.7 Å². The lowest BCUT2D eigenvalue weighted by Gasteiger charge is -2.12. The first-order valence-electron chi connectivity index (χ1n) is 6.17. The molecule has 0 bridgehead atoms. The largest absolute Gasteiger partial charge is 0.481 e. The third kappa shape index (κ3) is 3.40. The molecular weight excluding hydrogens is 242 g/mol. The number of nitrogens with zero attached hydrogens (tertiary/aromatic N) is 3. The lowest BCUT2D eigenvalue weighted by atomic mass is 9.95. The fourth-order valence-corrected chi connectivity index (χ4v) is 2.10. The first kappa shape index (κ1) is 13.3. The molecule has 1 atom stereocenters. The molecule has 1 heterocycles. The lowest BCUT2D eigenvalue weighted by Crippen LogP contribution is -2.21.